The SMILES string of the molecule is CCOC(=O)C(=NOC12CC3CC(CC(C3)C1)C2)C(C)=O. The highest BCUT2D eigenvalue weighted by molar-refractivity contribution is 6.63. The lowest BCUT2D eigenvalue weighted by atomic mass is 9.54. The number of Topliss-reactive ketones (excluding diaryl/α,β-unsaturated/α-hetero) is 1. The van der Waals surface area contributed by atoms with Crippen LogP contribution in [-0.2, 0) is 19.2 Å². The molecule has 4 fully saturated rings. The molecule has 116 valence electrons. The van der Waals surface area contributed by atoms with Crippen LogP contribution in [0.5, 0.6) is 0 Å². The average Bonchev–Trinajstić information content (AvgIpc) is 2.36. The number of oxime groups is 1. The van der Waals surface area contributed by atoms with Crippen LogP contribution in [0.1, 0.15) is 52.4 Å². The van der Waals surface area contributed by atoms with Gasteiger partial charge >= 0.3 is 5.97 Å². The number of esters is 1. The first kappa shape index (κ1) is 14.5. The van der Waals surface area contributed by atoms with Crippen molar-refractivity contribution in [1.29, 1.82) is 0 Å². The molecule has 4 bridgehead atoms. The molecule has 0 atom stereocenters. The summed E-state index contributed by atoms with van der Waals surface area (Å²) in [6.07, 6.45) is 6.96. The lowest BCUT2D eigenvalue weighted by Gasteiger charge is -2.54. The second-order valence-corrected chi connectivity index (χ2v) is 6.91. The Morgan fingerprint density at radius 3 is 2.05 bits per heavy atom. The standard InChI is InChI=1S/C16H23NO4/c1-3-20-15(19)14(10(2)18)17-21-16-7-11-4-12(8-16)6-13(5-11)9-16/h11-13H,3-9H2,1-2H3. The number of carbonyl (C=O) groups is 2. The van der Waals surface area contributed by atoms with E-state index in [1.54, 1.807) is 6.92 Å². The zero-order valence-electron chi connectivity index (χ0n) is 12.8. The fourth-order valence-electron chi connectivity index (χ4n) is 4.73. The van der Waals surface area contributed by atoms with Crippen LogP contribution in [0, 0.1) is 17.8 Å². The number of ether oxygens (including phenoxy) is 1. The summed E-state index contributed by atoms with van der Waals surface area (Å²) >= 11 is 0. The van der Waals surface area contributed by atoms with E-state index in [0.29, 0.717) is 0 Å². The summed E-state index contributed by atoms with van der Waals surface area (Å²) in [5.41, 5.74) is -0.463. The van der Waals surface area contributed by atoms with E-state index in [9.17, 15) is 9.59 Å². The molecule has 0 heterocycles. The highest BCUT2D eigenvalue weighted by atomic mass is 16.7. The third-order valence-electron chi connectivity index (χ3n) is 5.11. The molecule has 4 saturated carbocycles. The Labute approximate surface area is 125 Å². The van der Waals surface area contributed by atoms with E-state index in [-0.39, 0.29) is 17.9 Å². The van der Waals surface area contributed by atoms with Crippen molar-refractivity contribution < 1.29 is 19.2 Å². The van der Waals surface area contributed by atoms with Crippen LogP contribution in [0.2, 0.25) is 0 Å². The van der Waals surface area contributed by atoms with Crippen LogP contribution in [0.4, 0.5) is 0 Å². The van der Waals surface area contributed by atoms with Crippen molar-refractivity contribution in [3.63, 3.8) is 0 Å². The maximum atomic E-state index is 11.7. The van der Waals surface area contributed by atoms with Crippen LogP contribution in [0.25, 0.3) is 0 Å². The summed E-state index contributed by atoms with van der Waals surface area (Å²) in [6.45, 7) is 3.25. The molecule has 4 aliphatic carbocycles. The third kappa shape index (κ3) is 2.83. The highest BCUT2D eigenvalue weighted by Crippen LogP contribution is 2.57. The van der Waals surface area contributed by atoms with Crippen molar-refractivity contribution in [2.75, 3.05) is 6.61 Å². The number of hydrogen-bond donors (Lipinski definition) is 0. The zero-order chi connectivity index (χ0) is 15.0. The first-order valence-electron chi connectivity index (χ1n) is 7.95. The minimum atomic E-state index is -0.685. The van der Waals surface area contributed by atoms with E-state index in [1.165, 1.54) is 26.2 Å². The van der Waals surface area contributed by atoms with Crippen LogP contribution in [-0.4, -0.2) is 29.7 Å². The summed E-state index contributed by atoms with van der Waals surface area (Å²) in [7, 11) is 0. The molecule has 0 aromatic heterocycles. The van der Waals surface area contributed by atoms with Crippen molar-refractivity contribution >= 4 is 17.5 Å². The van der Waals surface area contributed by atoms with Gasteiger partial charge < -0.3 is 9.57 Å². The lowest BCUT2D eigenvalue weighted by Crippen LogP contribution is -2.51. The van der Waals surface area contributed by atoms with Crippen LogP contribution >= 0.6 is 0 Å². The van der Waals surface area contributed by atoms with Gasteiger partial charge in [0.25, 0.3) is 0 Å². The van der Waals surface area contributed by atoms with Crippen molar-refractivity contribution in [3.8, 4) is 0 Å². The maximum Gasteiger partial charge on any atom is 0.364 e. The van der Waals surface area contributed by atoms with Gasteiger partial charge in [0, 0.05) is 6.92 Å². The van der Waals surface area contributed by atoms with E-state index >= 15 is 0 Å². The van der Waals surface area contributed by atoms with E-state index in [2.05, 4.69) is 5.16 Å². The molecule has 0 aliphatic heterocycles. The van der Waals surface area contributed by atoms with Gasteiger partial charge in [-0.05, 0) is 63.2 Å². The van der Waals surface area contributed by atoms with E-state index in [0.717, 1.165) is 37.0 Å². The topological polar surface area (TPSA) is 65.0 Å². The molecule has 0 spiro atoms. The number of hydrogen-bond acceptors (Lipinski definition) is 5. The first-order chi connectivity index (χ1) is 10.0. The molecule has 0 amide bonds. The summed E-state index contributed by atoms with van der Waals surface area (Å²) in [5, 5.41) is 3.92. The Bertz CT molecular complexity index is 447. The molecule has 0 aromatic carbocycles. The van der Waals surface area contributed by atoms with Gasteiger partial charge in [0.05, 0.1) is 6.61 Å². The van der Waals surface area contributed by atoms with E-state index in [1.807, 2.05) is 0 Å². The summed E-state index contributed by atoms with van der Waals surface area (Å²) < 4.78 is 4.87. The zero-order valence-corrected chi connectivity index (χ0v) is 12.8. The molecule has 5 nitrogen and oxygen atoms in total. The predicted octanol–water partition coefficient (Wildman–Crippen LogP) is 2.48. The van der Waals surface area contributed by atoms with Crippen molar-refractivity contribution in [2.24, 2.45) is 22.9 Å². The Hall–Kier alpha value is -1.39. The average molecular weight is 293 g/mol. The summed E-state index contributed by atoms with van der Waals surface area (Å²) in [5.74, 6) is 1.10. The van der Waals surface area contributed by atoms with Gasteiger partial charge in [-0.1, -0.05) is 5.16 Å². The van der Waals surface area contributed by atoms with Crippen molar-refractivity contribution in [2.45, 2.75) is 58.0 Å². The lowest BCUT2D eigenvalue weighted by molar-refractivity contribution is -0.163. The molecule has 4 aliphatic rings. The molecular weight excluding hydrogens is 270 g/mol. The van der Waals surface area contributed by atoms with Gasteiger partial charge in [-0.3, -0.25) is 4.79 Å². The fraction of sp³-hybridized carbons (Fsp3) is 0.812. The minimum Gasteiger partial charge on any atom is -0.461 e. The Morgan fingerprint density at radius 1 is 1.10 bits per heavy atom. The summed E-state index contributed by atoms with van der Waals surface area (Å²) in [4.78, 5) is 29.1. The van der Waals surface area contributed by atoms with Gasteiger partial charge in [-0.25, -0.2) is 4.79 Å². The predicted molar refractivity (Wildman–Crippen MR) is 76.7 cm³/mol. The largest absolute Gasteiger partial charge is 0.461 e. The summed E-state index contributed by atoms with van der Waals surface area (Å²) in [6, 6.07) is 0. The fourth-order valence-corrected chi connectivity index (χ4v) is 4.73. The van der Waals surface area contributed by atoms with Gasteiger partial charge in [0.15, 0.2) is 5.78 Å². The van der Waals surface area contributed by atoms with Crippen molar-refractivity contribution in [3.05, 3.63) is 0 Å². The third-order valence-corrected chi connectivity index (χ3v) is 5.11. The minimum absolute atomic E-state index is 0.215. The van der Waals surface area contributed by atoms with E-state index in [4.69, 9.17) is 9.57 Å². The van der Waals surface area contributed by atoms with Gasteiger partial charge in [-0.2, -0.15) is 0 Å². The maximum absolute atomic E-state index is 11.7. The van der Waals surface area contributed by atoms with Gasteiger partial charge in [0.1, 0.15) is 5.60 Å². The van der Waals surface area contributed by atoms with Crippen molar-refractivity contribution in [1.82, 2.24) is 0 Å². The Balaban J connectivity index is 1.74. The number of rotatable bonds is 5. The molecule has 0 aromatic rings. The second kappa shape index (κ2) is 5.43. The first-order valence-corrected chi connectivity index (χ1v) is 7.95. The Kier molecular flexibility index (Phi) is 3.76. The molecule has 0 N–H and O–H groups in total. The molecule has 0 unspecified atom stereocenters. The molecular formula is C16H23NO4. The van der Waals surface area contributed by atoms with Gasteiger partial charge in [0.2, 0.25) is 5.71 Å². The van der Waals surface area contributed by atoms with E-state index < -0.39 is 11.8 Å². The molecule has 21 heavy (non-hydrogen) atoms. The normalized spacial score (nSPS) is 37.4. The molecule has 0 saturated heterocycles. The molecule has 0 radical (unpaired) electrons. The van der Waals surface area contributed by atoms with Crippen LogP contribution < -0.4 is 0 Å². The van der Waals surface area contributed by atoms with Crippen LogP contribution in [0.3, 0.4) is 0 Å². The smallest absolute Gasteiger partial charge is 0.364 e. The molecule has 5 heteroatoms. The highest BCUT2D eigenvalue weighted by Gasteiger charge is 2.53. The number of ketones is 1. The monoisotopic (exact) mass is 293 g/mol. The van der Waals surface area contributed by atoms with Crippen LogP contribution in [0.15, 0.2) is 5.16 Å². The number of nitrogens with zero attached hydrogens (tertiary/aromatic N) is 1. The molecule has 4 rings (SSSR count). The quantitative estimate of drug-likeness (QED) is 0.338. The van der Waals surface area contributed by atoms with Gasteiger partial charge in [-0.15, -0.1) is 0 Å². The Morgan fingerprint density at radius 2 is 1.62 bits per heavy atom. The second-order valence-electron chi connectivity index (χ2n) is 6.91. The number of carbonyl (C=O) groups excluding carboxylic acids is 2.